The molecule has 44 valence electrons. The minimum atomic E-state index is -0.668. The van der Waals surface area contributed by atoms with Gasteiger partial charge in [-0.2, -0.15) is 5.10 Å². The first-order valence-corrected chi connectivity index (χ1v) is 2.14. The summed E-state index contributed by atoms with van der Waals surface area (Å²) in [5.74, 6) is 0. The second kappa shape index (κ2) is 1.89. The van der Waals surface area contributed by atoms with E-state index in [0.29, 0.717) is 0 Å². The van der Waals surface area contributed by atoms with E-state index in [4.69, 9.17) is 7.85 Å². The zero-order chi connectivity index (χ0) is 6.85. The average molecular weight is 123 g/mol. The monoisotopic (exact) mass is 123 g/mol. The summed E-state index contributed by atoms with van der Waals surface area (Å²) in [6.07, 6.45) is 0. The fourth-order valence-electron chi connectivity index (χ4n) is 0.357. The molecule has 0 aliphatic heterocycles. The molecule has 1 aromatic rings. The Hall–Kier alpha value is -1.33. The topological polar surface area (TPSA) is 78.6 Å². The normalized spacial score (nSPS) is 9.33. The fraction of sp³-hybridized carbons (Fsp3) is 0. The third-order valence-electron chi connectivity index (χ3n) is 0.738. The predicted molar refractivity (Wildman–Crippen MR) is 30.9 cm³/mol. The van der Waals surface area contributed by atoms with Crippen molar-refractivity contribution in [1.29, 1.82) is 0 Å². The van der Waals surface area contributed by atoms with Gasteiger partial charge >= 0.3 is 5.69 Å². The van der Waals surface area contributed by atoms with Crippen LogP contribution in [0.1, 0.15) is 0 Å². The van der Waals surface area contributed by atoms with Crippen molar-refractivity contribution >= 4 is 13.4 Å². The van der Waals surface area contributed by atoms with Gasteiger partial charge in [0.15, 0.2) is 7.85 Å². The number of H-pyrrole nitrogens is 2. The minimum absolute atomic E-state index is 0.241. The highest BCUT2D eigenvalue weighted by atomic mass is 16.2. The summed E-state index contributed by atoms with van der Waals surface area (Å²) in [5.41, 5.74) is -1.57. The van der Waals surface area contributed by atoms with Crippen molar-refractivity contribution < 1.29 is 0 Å². The van der Waals surface area contributed by atoms with Crippen LogP contribution < -0.4 is 16.8 Å². The summed E-state index contributed by atoms with van der Waals surface area (Å²) in [6, 6.07) is 0. The van der Waals surface area contributed by atoms with Gasteiger partial charge in [-0.25, -0.2) is 9.89 Å². The molecule has 9 heavy (non-hydrogen) atoms. The molecule has 0 fully saturated rings. The fourth-order valence-corrected chi connectivity index (χ4v) is 0.357. The molecule has 0 atom stereocenters. The van der Waals surface area contributed by atoms with Gasteiger partial charge < -0.3 is 0 Å². The Balaban J connectivity index is 3.52. The zero-order valence-electron chi connectivity index (χ0n) is 4.34. The number of rotatable bonds is 0. The second-order valence-corrected chi connectivity index (χ2v) is 1.39. The number of nitrogens with zero attached hydrogens (tertiary/aromatic N) is 1. The van der Waals surface area contributed by atoms with Crippen LogP contribution in [0.3, 0.4) is 0 Å². The number of hydrogen-bond donors (Lipinski definition) is 2. The highest BCUT2D eigenvalue weighted by Gasteiger charge is 1.90. The van der Waals surface area contributed by atoms with Crippen molar-refractivity contribution in [3.05, 3.63) is 20.8 Å². The molecule has 0 bridgehead atoms. The highest BCUT2D eigenvalue weighted by molar-refractivity contribution is 6.30. The van der Waals surface area contributed by atoms with E-state index in [1.807, 2.05) is 10.1 Å². The molecule has 2 radical (unpaired) electrons. The second-order valence-electron chi connectivity index (χ2n) is 1.39. The van der Waals surface area contributed by atoms with Crippen LogP contribution in [0.25, 0.3) is 0 Å². The van der Waals surface area contributed by atoms with Gasteiger partial charge in [0.2, 0.25) is 0 Å². The van der Waals surface area contributed by atoms with Crippen LogP contribution in [0.4, 0.5) is 0 Å². The van der Waals surface area contributed by atoms with Crippen LogP contribution in [0, 0.1) is 0 Å². The molecule has 1 aromatic heterocycles. The molecule has 0 spiro atoms. The molecule has 0 unspecified atom stereocenters. The smallest absolute Gasteiger partial charge is 0.272 e. The van der Waals surface area contributed by atoms with E-state index in [1.54, 1.807) is 0 Å². The summed E-state index contributed by atoms with van der Waals surface area (Å²) < 4.78 is 0. The Kier molecular flexibility index (Phi) is 1.22. The van der Waals surface area contributed by atoms with Gasteiger partial charge in [-0.1, -0.05) is 0 Å². The summed E-state index contributed by atoms with van der Waals surface area (Å²) in [7, 11) is 4.96. The molecule has 0 saturated heterocycles. The Bertz CT molecular complexity index is 313. The van der Waals surface area contributed by atoms with Gasteiger partial charge in [-0.3, -0.25) is 9.78 Å². The average Bonchev–Trinajstić information content (AvgIpc) is 1.80. The molecular weight excluding hydrogens is 121 g/mol. The zero-order valence-corrected chi connectivity index (χ0v) is 4.34. The van der Waals surface area contributed by atoms with Crippen LogP contribution in [0.15, 0.2) is 9.59 Å². The Labute approximate surface area is 50.5 Å². The summed E-state index contributed by atoms with van der Waals surface area (Å²) in [4.78, 5) is 22.5. The van der Waals surface area contributed by atoms with E-state index in [9.17, 15) is 9.59 Å². The number of hydrogen-bond acceptors (Lipinski definition) is 3. The molecule has 5 nitrogen and oxygen atoms in total. The molecule has 0 aliphatic rings. The lowest BCUT2D eigenvalue weighted by Gasteiger charge is -1.84. The third kappa shape index (κ3) is 1.07. The van der Waals surface area contributed by atoms with E-state index < -0.39 is 11.2 Å². The molecule has 1 heterocycles. The van der Waals surface area contributed by atoms with E-state index in [-0.39, 0.29) is 5.59 Å². The third-order valence-corrected chi connectivity index (χ3v) is 0.738. The first-order valence-electron chi connectivity index (χ1n) is 2.14. The quantitative estimate of drug-likeness (QED) is 0.367. The lowest BCUT2D eigenvalue weighted by atomic mass is 10.1. The molecular formula is C3H2BN3O2. The summed E-state index contributed by atoms with van der Waals surface area (Å²) in [6.45, 7) is 0. The number of nitrogens with one attached hydrogen (secondary N) is 2. The van der Waals surface area contributed by atoms with Crippen LogP contribution >= 0.6 is 0 Å². The van der Waals surface area contributed by atoms with Crippen molar-refractivity contribution in [2.75, 3.05) is 0 Å². The van der Waals surface area contributed by atoms with Crippen LogP contribution in [-0.4, -0.2) is 23.0 Å². The van der Waals surface area contributed by atoms with Gasteiger partial charge in [0.25, 0.3) is 5.56 Å². The number of aromatic nitrogens is 3. The molecule has 0 saturated carbocycles. The standard InChI is InChI=1S/C3H2BN3O2/c4-1-2(8)5-3(9)7-6-1/h(H2,5,7,8,9). The van der Waals surface area contributed by atoms with E-state index in [1.165, 1.54) is 0 Å². The first-order chi connectivity index (χ1) is 4.20. The van der Waals surface area contributed by atoms with Gasteiger partial charge in [-0.05, 0) is 0 Å². The summed E-state index contributed by atoms with van der Waals surface area (Å²) in [5, 5.41) is 5.13. The Morgan fingerprint density at radius 2 is 2.11 bits per heavy atom. The van der Waals surface area contributed by atoms with Gasteiger partial charge in [0, 0.05) is 0 Å². The largest absolute Gasteiger partial charge is 0.342 e. The molecule has 0 aliphatic carbocycles. The molecule has 2 N–H and O–H groups in total. The maximum absolute atomic E-state index is 10.4. The lowest BCUT2D eigenvalue weighted by Crippen LogP contribution is -2.38. The van der Waals surface area contributed by atoms with Crippen molar-refractivity contribution in [1.82, 2.24) is 15.2 Å². The Morgan fingerprint density at radius 3 is 2.56 bits per heavy atom. The number of aromatic amines is 2. The van der Waals surface area contributed by atoms with Crippen LogP contribution in [0.2, 0.25) is 0 Å². The van der Waals surface area contributed by atoms with Gasteiger partial charge in [0.1, 0.15) is 0 Å². The van der Waals surface area contributed by atoms with E-state index in [0.717, 1.165) is 0 Å². The minimum Gasteiger partial charge on any atom is -0.272 e. The van der Waals surface area contributed by atoms with Crippen LogP contribution in [-0.2, 0) is 0 Å². The van der Waals surface area contributed by atoms with Gasteiger partial charge in [0.05, 0.1) is 5.59 Å². The van der Waals surface area contributed by atoms with Crippen LogP contribution in [0.5, 0.6) is 0 Å². The van der Waals surface area contributed by atoms with Crippen molar-refractivity contribution in [3.63, 3.8) is 0 Å². The Morgan fingerprint density at radius 1 is 1.44 bits per heavy atom. The predicted octanol–water partition coefficient (Wildman–Crippen LogP) is -2.75. The maximum Gasteiger partial charge on any atom is 0.342 e. The van der Waals surface area contributed by atoms with Crippen molar-refractivity contribution in [2.45, 2.75) is 0 Å². The molecule has 0 amide bonds. The maximum atomic E-state index is 10.4. The molecule has 6 heteroatoms. The van der Waals surface area contributed by atoms with E-state index in [2.05, 4.69) is 5.10 Å². The molecule has 0 aromatic carbocycles. The first kappa shape index (κ1) is 5.81. The summed E-state index contributed by atoms with van der Waals surface area (Å²) >= 11 is 0. The van der Waals surface area contributed by atoms with E-state index >= 15 is 0 Å². The van der Waals surface area contributed by atoms with Gasteiger partial charge in [-0.15, -0.1) is 0 Å². The molecule has 1 rings (SSSR count). The SMILES string of the molecule is [B]c1n[nH]c(=O)[nH]c1=O. The highest BCUT2D eigenvalue weighted by Crippen LogP contribution is 1.37. The van der Waals surface area contributed by atoms with Crippen molar-refractivity contribution in [2.24, 2.45) is 0 Å². The van der Waals surface area contributed by atoms with Crippen molar-refractivity contribution in [3.8, 4) is 0 Å². The lowest BCUT2D eigenvalue weighted by molar-refractivity contribution is 0.915.